The Kier molecular flexibility index (Phi) is 3.61. The molecule has 3 rings (SSSR count). The van der Waals surface area contributed by atoms with Gasteiger partial charge in [-0.25, -0.2) is 0 Å². The molecule has 1 fully saturated rings. The standard InChI is InChI=1S/C13H22N4O/c1-10(14-8-11-4-3-7-18-9-11)13-16-15-12-5-2-6-17(12)13/h10-11,14H,2-9H2,1H3. The average Bonchev–Trinajstić information content (AvgIpc) is 2.99. The summed E-state index contributed by atoms with van der Waals surface area (Å²) in [6, 6.07) is 0.284. The number of fused-ring (bicyclic) bond motifs is 1. The summed E-state index contributed by atoms with van der Waals surface area (Å²) >= 11 is 0. The van der Waals surface area contributed by atoms with Crippen LogP contribution in [-0.2, 0) is 17.7 Å². The van der Waals surface area contributed by atoms with Crippen molar-refractivity contribution < 1.29 is 4.74 Å². The molecule has 0 aromatic carbocycles. The van der Waals surface area contributed by atoms with Crippen molar-refractivity contribution in [1.82, 2.24) is 20.1 Å². The number of rotatable bonds is 4. The van der Waals surface area contributed by atoms with Gasteiger partial charge in [-0.05, 0) is 32.1 Å². The first-order valence-corrected chi connectivity index (χ1v) is 7.07. The Labute approximate surface area is 108 Å². The summed E-state index contributed by atoms with van der Waals surface area (Å²) in [6.07, 6.45) is 4.76. The molecule has 0 spiro atoms. The smallest absolute Gasteiger partial charge is 0.149 e. The molecule has 5 nitrogen and oxygen atoms in total. The minimum atomic E-state index is 0.284. The van der Waals surface area contributed by atoms with Crippen molar-refractivity contribution in [2.45, 2.75) is 45.2 Å². The van der Waals surface area contributed by atoms with Gasteiger partial charge in [0.25, 0.3) is 0 Å². The van der Waals surface area contributed by atoms with Gasteiger partial charge in [-0.2, -0.15) is 0 Å². The summed E-state index contributed by atoms with van der Waals surface area (Å²) in [4.78, 5) is 0. The summed E-state index contributed by atoms with van der Waals surface area (Å²) < 4.78 is 7.78. The van der Waals surface area contributed by atoms with Crippen LogP contribution in [-0.4, -0.2) is 34.5 Å². The van der Waals surface area contributed by atoms with Crippen LogP contribution in [0.2, 0.25) is 0 Å². The summed E-state index contributed by atoms with van der Waals surface area (Å²) in [5, 5.41) is 12.2. The number of nitrogens with one attached hydrogen (secondary N) is 1. The van der Waals surface area contributed by atoms with Crippen LogP contribution in [0.4, 0.5) is 0 Å². The van der Waals surface area contributed by atoms with Crippen LogP contribution < -0.4 is 5.32 Å². The Morgan fingerprint density at radius 1 is 1.44 bits per heavy atom. The van der Waals surface area contributed by atoms with Gasteiger partial charge in [-0.15, -0.1) is 10.2 Å². The highest BCUT2D eigenvalue weighted by Crippen LogP contribution is 2.20. The minimum Gasteiger partial charge on any atom is -0.381 e. The first-order valence-electron chi connectivity index (χ1n) is 7.07. The van der Waals surface area contributed by atoms with E-state index in [4.69, 9.17) is 4.74 Å². The Balaban J connectivity index is 1.55. The van der Waals surface area contributed by atoms with Crippen LogP contribution in [0.15, 0.2) is 0 Å². The zero-order valence-corrected chi connectivity index (χ0v) is 11.1. The van der Waals surface area contributed by atoms with E-state index in [-0.39, 0.29) is 6.04 Å². The lowest BCUT2D eigenvalue weighted by molar-refractivity contribution is 0.0538. The van der Waals surface area contributed by atoms with Gasteiger partial charge in [-0.3, -0.25) is 0 Å². The van der Waals surface area contributed by atoms with Crippen molar-refractivity contribution in [3.05, 3.63) is 11.6 Å². The third-order valence-corrected chi connectivity index (χ3v) is 3.99. The maximum atomic E-state index is 5.51. The Morgan fingerprint density at radius 3 is 3.22 bits per heavy atom. The molecule has 0 bridgehead atoms. The predicted molar refractivity (Wildman–Crippen MR) is 68.3 cm³/mol. The summed E-state index contributed by atoms with van der Waals surface area (Å²) in [5.41, 5.74) is 0. The fraction of sp³-hybridized carbons (Fsp3) is 0.846. The molecule has 1 saturated heterocycles. The van der Waals surface area contributed by atoms with Crippen molar-refractivity contribution in [2.24, 2.45) is 5.92 Å². The van der Waals surface area contributed by atoms with Crippen molar-refractivity contribution in [1.29, 1.82) is 0 Å². The van der Waals surface area contributed by atoms with E-state index in [1.54, 1.807) is 0 Å². The minimum absolute atomic E-state index is 0.284. The molecule has 1 aromatic heterocycles. The lowest BCUT2D eigenvalue weighted by atomic mass is 10.0. The van der Waals surface area contributed by atoms with Crippen molar-refractivity contribution in [3.63, 3.8) is 0 Å². The second kappa shape index (κ2) is 5.36. The zero-order valence-electron chi connectivity index (χ0n) is 11.1. The van der Waals surface area contributed by atoms with Gasteiger partial charge in [0.15, 0.2) is 0 Å². The number of nitrogens with zero attached hydrogens (tertiary/aromatic N) is 3. The quantitative estimate of drug-likeness (QED) is 0.875. The lowest BCUT2D eigenvalue weighted by Crippen LogP contribution is -2.31. The highest BCUT2D eigenvalue weighted by molar-refractivity contribution is 5.04. The normalized spacial score (nSPS) is 25.1. The average molecular weight is 250 g/mol. The molecule has 0 amide bonds. The van der Waals surface area contributed by atoms with Gasteiger partial charge in [0, 0.05) is 26.1 Å². The Hall–Kier alpha value is -0.940. The lowest BCUT2D eigenvalue weighted by Gasteiger charge is -2.24. The van der Waals surface area contributed by atoms with Gasteiger partial charge >= 0.3 is 0 Å². The second-order valence-electron chi connectivity index (χ2n) is 5.44. The van der Waals surface area contributed by atoms with Crippen molar-refractivity contribution in [3.8, 4) is 0 Å². The monoisotopic (exact) mass is 250 g/mol. The van der Waals surface area contributed by atoms with E-state index < -0.39 is 0 Å². The molecule has 100 valence electrons. The SMILES string of the molecule is CC(NCC1CCCOC1)c1nnc2n1CCC2. The molecule has 2 aliphatic heterocycles. The maximum Gasteiger partial charge on any atom is 0.149 e. The number of hydrogen-bond acceptors (Lipinski definition) is 4. The van der Waals surface area contributed by atoms with Crippen molar-refractivity contribution in [2.75, 3.05) is 19.8 Å². The molecule has 3 heterocycles. The summed E-state index contributed by atoms with van der Waals surface area (Å²) in [5.74, 6) is 2.90. The molecule has 18 heavy (non-hydrogen) atoms. The van der Waals surface area contributed by atoms with Gasteiger partial charge in [0.1, 0.15) is 11.6 Å². The zero-order chi connectivity index (χ0) is 12.4. The largest absolute Gasteiger partial charge is 0.381 e. The van der Waals surface area contributed by atoms with Crippen LogP contribution in [0, 0.1) is 5.92 Å². The van der Waals surface area contributed by atoms with Crippen LogP contribution in [0.1, 0.15) is 43.9 Å². The van der Waals surface area contributed by atoms with Crippen molar-refractivity contribution >= 4 is 0 Å². The molecule has 2 aliphatic rings. The third-order valence-electron chi connectivity index (χ3n) is 3.99. The Morgan fingerprint density at radius 2 is 2.39 bits per heavy atom. The maximum absolute atomic E-state index is 5.51. The second-order valence-corrected chi connectivity index (χ2v) is 5.44. The summed E-state index contributed by atoms with van der Waals surface area (Å²) in [7, 11) is 0. The van der Waals surface area contributed by atoms with E-state index in [9.17, 15) is 0 Å². The molecule has 5 heteroatoms. The van der Waals surface area contributed by atoms with E-state index in [0.29, 0.717) is 5.92 Å². The van der Waals surface area contributed by atoms with E-state index in [1.807, 2.05) is 0 Å². The van der Waals surface area contributed by atoms with E-state index >= 15 is 0 Å². The number of aryl methyl sites for hydroxylation is 1. The van der Waals surface area contributed by atoms with Gasteiger partial charge < -0.3 is 14.6 Å². The van der Waals surface area contributed by atoms with E-state index in [1.165, 1.54) is 19.3 Å². The Bertz CT molecular complexity index is 398. The highest BCUT2D eigenvalue weighted by Gasteiger charge is 2.22. The van der Waals surface area contributed by atoms with Crippen LogP contribution in [0.3, 0.4) is 0 Å². The molecule has 2 unspecified atom stereocenters. The fourth-order valence-corrected chi connectivity index (χ4v) is 2.90. The van der Waals surface area contributed by atoms with E-state index in [0.717, 1.165) is 44.4 Å². The molecule has 1 N–H and O–H groups in total. The number of aromatic nitrogens is 3. The van der Waals surface area contributed by atoms with Gasteiger partial charge in [-0.1, -0.05) is 0 Å². The first-order chi connectivity index (χ1) is 8.84. The number of hydrogen-bond donors (Lipinski definition) is 1. The summed E-state index contributed by atoms with van der Waals surface area (Å²) in [6.45, 7) is 6.11. The first kappa shape index (κ1) is 12.1. The van der Waals surface area contributed by atoms with Crippen LogP contribution in [0.5, 0.6) is 0 Å². The third kappa shape index (κ3) is 2.42. The number of ether oxygens (including phenoxy) is 1. The van der Waals surface area contributed by atoms with Crippen LogP contribution in [0.25, 0.3) is 0 Å². The molecular formula is C13H22N4O. The molecule has 0 radical (unpaired) electrons. The van der Waals surface area contributed by atoms with Crippen LogP contribution >= 0.6 is 0 Å². The van der Waals surface area contributed by atoms with E-state index in [2.05, 4.69) is 27.0 Å². The molecule has 0 saturated carbocycles. The molecule has 1 aromatic rings. The highest BCUT2D eigenvalue weighted by atomic mass is 16.5. The van der Waals surface area contributed by atoms with Gasteiger partial charge in [0.2, 0.25) is 0 Å². The molecular weight excluding hydrogens is 228 g/mol. The fourth-order valence-electron chi connectivity index (χ4n) is 2.90. The van der Waals surface area contributed by atoms with Gasteiger partial charge in [0.05, 0.1) is 12.6 Å². The topological polar surface area (TPSA) is 52.0 Å². The molecule has 2 atom stereocenters. The molecule has 0 aliphatic carbocycles. The predicted octanol–water partition coefficient (Wildman–Crippen LogP) is 1.30.